The highest BCUT2D eigenvalue weighted by atomic mass is 16.7. The Morgan fingerprint density at radius 3 is 2.27 bits per heavy atom. The summed E-state index contributed by atoms with van der Waals surface area (Å²) in [6.45, 7) is 3.71. The van der Waals surface area contributed by atoms with E-state index in [1.54, 1.807) is 13.0 Å². The molecule has 0 bridgehead atoms. The van der Waals surface area contributed by atoms with E-state index in [2.05, 4.69) is 6.92 Å². The fraction of sp³-hybridized carbons (Fsp3) is 0.892. The summed E-state index contributed by atoms with van der Waals surface area (Å²) < 4.78 is 40.1. The molecule has 0 aromatic heterocycles. The van der Waals surface area contributed by atoms with Crippen molar-refractivity contribution in [3.8, 4) is 0 Å². The number of hydrogen-bond acceptors (Lipinski definition) is 15. The van der Waals surface area contributed by atoms with Crippen LogP contribution in [-0.2, 0) is 42.7 Å². The van der Waals surface area contributed by atoms with Gasteiger partial charge in [-0.1, -0.05) is 6.92 Å². The Hall–Kier alpha value is -1.60. The van der Waals surface area contributed by atoms with Gasteiger partial charge in [-0.3, -0.25) is 0 Å². The number of aldehydes is 1. The lowest BCUT2D eigenvalue weighted by molar-refractivity contribution is -0.341. The number of fused-ring (bicyclic) bond motifs is 5. The highest BCUT2D eigenvalue weighted by Crippen LogP contribution is 2.70. The molecule has 0 unspecified atom stereocenters. The van der Waals surface area contributed by atoms with Crippen molar-refractivity contribution in [1.82, 2.24) is 0 Å². The van der Waals surface area contributed by atoms with Gasteiger partial charge in [-0.25, -0.2) is 4.79 Å². The van der Waals surface area contributed by atoms with Crippen LogP contribution in [0.4, 0.5) is 0 Å². The van der Waals surface area contributed by atoms with Crippen LogP contribution in [0, 0.1) is 28.6 Å². The second-order valence-electron chi connectivity index (χ2n) is 16.7. The Morgan fingerprint density at radius 1 is 0.865 bits per heavy atom. The van der Waals surface area contributed by atoms with Crippen molar-refractivity contribution in [2.45, 2.75) is 150 Å². The zero-order valence-corrected chi connectivity index (χ0v) is 30.4. The first-order valence-electron chi connectivity index (χ1n) is 18.8. The van der Waals surface area contributed by atoms with Crippen LogP contribution in [0.25, 0.3) is 0 Å². The summed E-state index contributed by atoms with van der Waals surface area (Å²) in [4.78, 5) is 25.1. The van der Waals surface area contributed by atoms with Gasteiger partial charge in [-0.05, 0) is 81.6 Å². The SMILES string of the molecule is CO[C@H]1[C@H](OC[C@@H]2O[C@H](O[C@H]3CC[C@@]4(C=O)[C@@H]5CC[C@@]6(C)[C@H](C7=CC(=O)OC7)CC[C@]6(O)[C@H]5CC[C@@]4(O)C3)[C@@H](O)[C@H](O)[C@H]2O)O[C@@H](C)[C@@H](O)[C@@H]1OC. The summed E-state index contributed by atoms with van der Waals surface area (Å²) in [5.74, 6) is -0.820. The van der Waals surface area contributed by atoms with E-state index in [9.17, 15) is 40.2 Å². The first-order chi connectivity index (χ1) is 24.7. The van der Waals surface area contributed by atoms with Crippen molar-refractivity contribution >= 4 is 12.3 Å². The summed E-state index contributed by atoms with van der Waals surface area (Å²) in [6.07, 6.45) is -5.65. The summed E-state index contributed by atoms with van der Waals surface area (Å²) in [6, 6.07) is 0. The quantitative estimate of drug-likeness (QED) is 0.103. The normalized spacial score (nSPS) is 53.3. The minimum absolute atomic E-state index is 0.00220. The molecule has 7 aliphatic rings. The van der Waals surface area contributed by atoms with Gasteiger partial charge in [0.05, 0.1) is 35.4 Å². The molecular weight excluding hydrogens is 684 g/mol. The van der Waals surface area contributed by atoms with Crippen LogP contribution in [0.5, 0.6) is 0 Å². The maximum Gasteiger partial charge on any atom is 0.331 e. The van der Waals surface area contributed by atoms with Gasteiger partial charge in [0.2, 0.25) is 0 Å². The number of cyclic esters (lactones) is 1. The zero-order valence-electron chi connectivity index (χ0n) is 30.4. The topological polar surface area (TPSA) is 220 Å². The molecule has 18 atom stereocenters. The molecule has 15 nitrogen and oxygen atoms in total. The number of rotatable bonds is 9. The van der Waals surface area contributed by atoms with E-state index < -0.39 is 89.5 Å². The van der Waals surface area contributed by atoms with Gasteiger partial charge in [0, 0.05) is 32.1 Å². The molecule has 52 heavy (non-hydrogen) atoms. The molecule has 15 heteroatoms. The highest BCUT2D eigenvalue weighted by Gasteiger charge is 2.71. The molecule has 0 spiro atoms. The van der Waals surface area contributed by atoms with Crippen molar-refractivity contribution in [2.75, 3.05) is 27.4 Å². The van der Waals surface area contributed by atoms with E-state index in [0.717, 1.165) is 18.3 Å². The summed E-state index contributed by atoms with van der Waals surface area (Å²) in [5, 5.41) is 67.9. The molecule has 3 heterocycles. The van der Waals surface area contributed by atoms with E-state index in [1.165, 1.54) is 14.2 Å². The first kappa shape index (κ1) is 38.7. The minimum Gasteiger partial charge on any atom is -0.458 e. The number of carbonyl (C=O) groups excluding carboxylic acids is 2. The average Bonchev–Trinajstić information content (AvgIpc) is 3.67. The Balaban J connectivity index is 1.03. The number of carbonyl (C=O) groups is 2. The summed E-state index contributed by atoms with van der Waals surface area (Å²) in [7, 11) is 2.86. The second kappa shape index (κ2) is 14.2. The molecule has 7 rings (SSSR count). The van der Waals surface area contributed by atoms with Gasteiger partial charge in [0.25, 0.3) is 0 Å². The molecule has 6 N–H and O–H groups in total. The van der Waals surface area contributed by atoms with Crippen LogP contribution >= 0.6 is 0 Å². The highest BCUT2D eigenvalue weighted by molar-refractivity contribution is 5.85. The van der Waals surface area contributed by atoms with Gasteiger partial charge >= 0.3 is 5.97 Å². The fourth-order valence-electron chi connectivity index (χ4n) is 11.6. The molecule has 0 amide bonds. The van der Waals surface area contributed by atoms with Crippen molar-refractivity contribution in [3.05, 3.63) is 11.6 Å². The Morgan fingerprint density at radius 2 is 1.60 bits per heavy atom. The lowest BCUT2D eigenvalue weighted by atomic mass is 9.41. The van der Waals surface area contributed by atoms with Crippen molar-refractivity contribution in [2.24, 2.45) is 28.6 Å². The summed E-state index contributed by atoms with van der Waals surface area (Å²) in [5.41, 5.74) is -3.20. The molecular formula is C37H56O15. The number of ether oxygens (including phenoxy) is 7. The summed E-state index contributed by atoms with van der Waals surface area (Å²) >= 11 is 0. The third kappa shape index (κ3) is 5.84. The lowest BCUT2D eigenvalue weighted by Gasteiger charge is -2.65. The van der Waals surface area contributed by atoms with Crippen molar-refractivity contribution < 1.29 is 73.4 Å². The van der Waals surface area contributed by atoms with Gasteiger partial charge in [0.1, 0.15) is 55.6 Å². The molecule has 0 aromatic rings. The molecule has 0 aromatic carbocycles. The third-order valence-corrected chi connectivity index (χ3v) is 14.6. The van der Waals surface area contributed by atoms with Gasteiger partial charge in [0.15, 0.2) is 12.6 Å². The lowest BCUT2D eigenvalue weighted by Crippen LogP contribution is -2.69. The largest absolute Gasteiger partial charge is 0.458 e. The molecule has 4 aliphatic carbocycles. The average molecular weight is 741 g/mol. The van der Waals surface area contributed by atoms with E-state index in [4.69, 9.17) is 33.2 Å². The Kier molecular flexibility index (Phi) is 10.5. The van der Waals surface area contributed by atoms with Gasteiger partial charge < -0.3 is 68.6 Å². The molecule has 2 saturated heterocycles. The number of aliphatic hydroxyl groups is 6. The predicted octanol–water partition coefficient (Wildman–Crippen LogP) is -0.118. The molecule has 3 aliphatic heterocycles. The maximum absolute atomic E-state index is 13.2. The van der Waals surface area contributed by atoms with Crippen LogP contribution in [0.2, 0.25) is 0 Å². The van der Waals surface area contributed by atoms with E-state index in [0.29, 0.717) is 38.5 Å². The maximum atomic E-state index is 13.2. The Labute approximate surface area is 303 Å². The van der Waals surface area contributed by atoms with Crippen LogP contribution in [0.3, 0.4) is 0 Å². The molecule has 294 valence electrons. The number of aliphatic hydroxyl groups excluding tert-OH is 4. The molecule has 0 radical (unpaired) electrons. The third-order valence-electron chi connectivity index (χ3n) is 14.6. The monoisotopic (exact) mass is 740 g/mol. The van der Waals surface area contributed by atoms with E-state index in [-0.39, 0.29) is 49.8 Å². The zero-order chi connectivity index (χ0) is 37.4. The Bertz CT molecular complexity index is 1380. The standard InChI is InChI=1S/C37H56O15/c1-18-26(40)30(46-3)31(47-4)33(50-18)49-16-24-27(41)28(42)29(43)32(52-24)51-20-5-10-35(17-38)22-6-9-34(2)21(19-13-25(39)48-15-19)8-12-37(34,45)23(22)7-11-36(35,44)14-20/h13,17-18,20-24,26-33,40-45H,5-12,14-16H2,1-4H3/t18-,20-,21-,22+,23-,24-,26+,27-,28+,29-,30-,31+,32-,33+,34-,35+,36+,37-/m0/s1. The number of methoxy groups -OCH3 is 2. The van der Waals surface area contributed by atoms with Crippen molar-refractivity contribution in [3.63, 3.8) is 0 Å². The van der Waals surface area contributed by atoms with Gasteiger partial charge in [-0.2, -0.15) is 0 Å². The molecule has 6 fully saturated rings. The van der Waals surface area contributed by atoms with E-state index >= 15 is 0 Å². The first-order valence-corrected chi connectivity index (χ1v) is 18.8. The van der Waals surface area contributed by atoms with Crippen molar-refractivity contribution in [1.29, 1.82) is 0 Å². The van der Waals surface area contributed by atoms with Crippen LogP contribution in [0.1, 0.15) is 71.6 Å². The minimum atomic E-state index is -1.64. The van der Waals surface area contributed by atoms with Crippen LogP contribution in [0.15, 0.2) is 11.6 Å². The number of hydrogen-bond donors (Lipinski definition) is 6. The fourth-order valence-corrected chi connectivity index (χ4v) is 11.6. The predicted molar refractivity (Wildman–Crippen MR) is 177 cm³/mol. The number of esters is 1. The second-order valence-corrected chi connectivity index (χ2v) is 16.7. The van der Waals surface area contributed by atoms with E-state index in [1.807, 2.05) is 0 Å². The van der Waals surface area contributed by atoms with Crippen LogP contribution < -0.4 is 0 Å². The van der Waals surface area contributed by atoms with Gasteiger partial charge in [-0.15, -0.1) is 0 Å². The van der Waals surface area contributed by atoms with Crippen LogP contribution in [-0.4, -0.2) is 149 Å². The smallest absolute Gasteiger partial charge is 0.331 e. The molecule has 4 saturated carbocycles.